The van der Waals surface area contributed by atoms with Crippen LogP contribution in [0.2, 0.25) is 0 Å². The minimum atomic E-state index is -0.0616. The number of carbonyl (C=O) groups is 1. The molecule has 0 aliphatic heterocycles. The molecule has 1 atom stereocenters. The molecule has 1 heterocycles. The van der Waals surface area contributed by atoms with Crippen molar-refractivity contribution in [1.29, 1.82) is 0 Å². The van der Waals surface area contributed by atoms with Crippen LogP contribution in [0.4, 0.5) is 0 Å². The Kier molecular flexibility index (Phi) is 5.38. The highest BCUT2D eigenvalue weighted by atomic mass is 32.2. The molecule has 0 aliphatic rings. The van der Waals surface area contributed by atoms with Crippen LogP contribution in [0, 0.1) is 5.92 Å². The lowest BCUT2D eigenvalue weighted by molar-refractivity contribution is 0.0918. The third kappa shape index (κ3) is 4.32. The summed E-state index contributed by atoms with van der Waals surface area (Å²) in [4.78, 5) is 15.1. The van der Waals surface area contributed by atoms with Crippen LogP contribution in [0.25, 0.3) is 0 Å². The van der Waals surface area contributed by atoms with Gasteiger partial charge in [-0.3, -0.25) is 4.79 Å². The first kappa shape index (κ1) is 15.6. The highest BCUT2D eigenvalue weighted by molar-refractivity contribution is 7.98. The fraction of sp³-hybridized carbons (Fsp3) is 0.400. The zero-order valence-electron chi connectivity index (χ0n) is 12.5. The number of hydrogen-bond acceptors (Lipinski definition) is 4. The summed E-state index contributed by atoms with van der Waals surface area (Å²) < 4.78 is 0. The van der Waals surface area contributed by atoms with Crippen molar-refractivity contribution >= 4 is 17.7 Å². The van der Waals surface area contributed by atoms with Gasteiger partial charge < -0.3 is 5.32 Å². The molecule has 1 amide bonds. The number of nitrogens with one attached hydrogen (secondary N) is 1. The molecule has 0 fully saturated rings. The molecule has 1 N–H and O–H groups in total. The second-order valence-electron chi connectivity index (χ2n) is 5.14. The lowest BCUT2D eigenvalue weighted by atomic mass is 10.0. The number of thioether (sulfide) groups is 1. The van der Waals surface area contributed by atoms with Crippen LogP contribution in [-0.4, -0.2) is 33.2 Å². The van der Waals surface area contributed by atoms with E-state index in [9.17, 15) is 4.79 Å². The molecule has 1 aromatic carbocycles. The summed E-state index contributed by atoms with van der Waals surface area (Å²) in [5.41, 5.74) is 0.673. The molecular weight excluding hydrogens is 284 g/mol. The van der Waals surface area contributed by atoms with Gasteiger partial charge in [0.2, 0.25) is 0 Å². The molecule has 5 nitrogen and oxygen atoms in total. The molecule has 0 saturated carbocycles. The van der Waals surface area contributed by atoms with Crippen molar-refractivity contribution < 1.29 is 4.79 Å². The van der Waals surface area contributed by atoms with Crippen molar-refractivity contribution in [3.05, 3.63) is 42.2 Å². The fourth-order valence-electron chi connectivity index (χ4n) is 1.93. The summed E-state index contributed by atoms with van der Waals surface area (Å²) in [5, 5.41) is 11.2. The average Bonchev–Trinajstić information content (AvgIpc) is 2.99. The molecule has 1 unspecified atom stereocenters. The van der Waals surface area contributed by atoms with Crippen LogP contribution >= 0.6 is 11.8 Å². The summed E-state index contributed by atoms with van der Waals surface area (Å²) >= 11 is 1.66. The first-order valence-corrected chi connectivity index (χ1v) is 8.11. The monoisotopic (exact) mass is 304 g/mol. The maximum absolute atomic E-state index is 12.3. The first-order valence-electron chi connectivity index (χ1n) is 6.89. The van der Waals surface area contributed by atoms with Gasteiger partial charge in [0.25, 0.3) is 5.91 Å². The number of amides is 1. The van der Waals surface area contributed by atoms with Gasteiger partial charge in [0.05, 0.1) is 25.0 Å². The standard InChI is InChI=1S/C15H20N4OS/c1-11(2)14(10-19-16-8-9-17-19)18-15(20)12-4-6-13(21-3)7-5-12/h4-9,11,14H,10H2,1-3H3,(H,18,20). The van der Waals surface area contributed by atoms with E-state index in [1.54, 1.807) is 29.0 Å². The Labute approximate surface area is 129 Å². The summed E-state index contributed by atoms with van der Waals surface area (Å²) in [6.07, 6.45) is 5.29. The van der Waals surface area contributed by atoms with E-state index in [0.29, 0.717) is 18.0 Å². The number of rotatable bonds is 6. The van der Waals surface area contributed by atoms with Gasteiger partial charge in [0, 0.05) is 10.5 Å². The van der Waals surface area contributed by atoms with Gasteiger partial charge in [-0.05, 0) is 36.4 Å². The Morgan fingerprint density at radius 3 is 2.38 bits per heavy atom. The Balaban J connectivity index is 2.03. The minimum absolute atomic E-state index is 0.00914. The topological polar surface area (TPSA) is 59.8 Å². The molecule has 21 heavy (non-hydrogen) atoms. The second-order valence-corrected chi connectivity index (χ2v) is 6.02. The number of aromatic nitrogens is 3. The predicted molar refractivity (Wildman–Crippen MR) is 84.3 cm³/mol. The minimum Gasteiger partial charge on any atom is -0.347 e. The lowest BCUT2D eigenvalue weighted by Gasteiger charge is -2.21. The van der Waals surface area contributed by atoms with Gasteiger partial charge in [0.1, 0.15) is 0 Å². The molecule has 2 aromatic rings. The highest BCUT2D eigenvalue weighted by Gasteiger charge is 2.18. The van der Waals surface area contributed by atoms with E-state index in [-0.39, 0.29) is 11.9 Å². The molecule has 2 rings (SSSR count). The van der Waals surface area contributed by atoms with E-state index in [0.717, 1.165) is 4.90 Å². The van der Waals surface area contributed by atoms with E-state index < -0.39 is 0 Å². The molecule has 0 radical (unpaired) electrons. The van der Waals surface area contributed by atoms with Gasteiger partial charge in [-0.25, -0.2) is 0 Å². The lowest BCUT2D eigenvalue weighted by Crippen LogP contribution is -2.42. The molecule has 0 aliphatic carbocycles. The van der Waals surface area contributed by atoms with E-state index in [2.05, 4.69) is 29.4 Å². The average molecular weight is 304 g/mol. The third-order valence-electron chi connectivity index (χ3n) is 3.30. The van der Waals surface area contributed by atoms with E-state index >= 15 is 0 Å². The van der Waals surface area contributed by atoms with Crippen molar-refractivity contribution in [2.45, 2.75) is 31.3 Å². The van der Waals surface area contributed by atoms with Gasteiger partial charge in [-0.2, -0.15) is 15.0 Å². The second kappa shape index (κ2) is 7.26. The predicted octanol–water partition coefficient (Wildman–Crippen LogP) is 2.45. The van der Waals surface area contributed by atoms with Gasteiger partial charge in [-0.15, -0.1) is 11.8 Å². The van der Waals surface area contributed by atoms with Gasteiger partial charge >= 0.3 is 0 Å². The number of hydrogen-bond donors (Lipinski definition) is 1. The zero-order valence-corrected chi connectivity index (χ0v) is 13.3. The smallest absolute Gasteiger partial charge is 0.251 e. The van der Waals surface area contributed by atoms with Crippen LogP contribution in [-0.2, 0) is 6.54 Å². The SMILES string of the molecule is CSc1ccc(C(=O)NC(Cn2nccn2)C(C)C)cc1. The largest absolute Gasteiger partial charge is 0.347 e. The van der Waals surface area contributed by atoms with Crippen LogP contribution < -0.4 is 5.32 Å². The molecule has 0 spiro atoms. The van der Waals surface area contributed by atoms with Crippen molar-refractivity contribution in [1.82, 2.24) is 20.3 Å². The number of benzene rings is 1. The quantitative estimate of drug-likeness (QED) is 0.833. The van der Waals surface area contributed by atoms with Crippen LogP contribution in [0.3, 0.4) is 0 Å². The van der Waals surface area contributed by atoms with Crippen LogP contribution in [0.1, 0.15) is 24.2 Å². The van der Waals surface area contributed by atoms with Crippen LogP contribution in [0.15, 0.2) is 41.6 Å². The van der Waals surface area contributed by atoms with Crippen molar-refractivity contribution in [3.63, 3.8) is 0 Å². The third-order valence-corrected chi connectivity index (χ3v) is 4.04. The van der Waals surface area contributed by atoms with Gasteiger partial charge in [0.15, 0.2) is 0 Å². The highest BCUT2D eigenvalue weighted by Crippen LogP contribution is 2.15. The maximum Gasteiger partial charge on any atom is 0.251 e. The molecule has 6 heteroatoms. The van der Waals surface area contributed by atoms with E-state index in [1.165, 1.54) is 0 Å². The first-order chi connectivity index (χ1) is 10.1. The molecule has 112 valence electrons. The van der Waals surface area contributed by atoms with Crippen molar-refractivity contribution in [2.75, 3.05) is 6.26 Å². The molecule has 0 saturated heterocycles. The molecular formula is C15H20N4OS. The Hall–Kier alpha value is -1.82. The van der Waals surface area contributed by atoms with Crippen LogP contribution in [0.5, 0.6) is 0 Å². The zero-order chi connectivity index (χ0) is 15.2. The van der Waals surface area contributed by atoms with Crippen molar-refractivity contribution in [2.24, 2.45) is 5.92 Å². The summed E-state index contributed by atoms with van der Waals surface area (Å²) in [7, 11) is 0. The fourth-order valence-corrected chi connectivity index (χ4v) is 2.34. The number of nitrogens with zero attached hydrogens (tertiary/aromatic N) is 3. The van der Waals surface area contributed by atoms with E-state index in [4.69, 9.17) is 0 Å². The van der Waals surface area contributed by atoms with Crippen molar-refractivity contribution in [3.8, 4) is 0 Å². The summed E-state index contributed by atoms with van der Waals surface area (Å²) in [5.74, 6) is 0.235. The summed E-state index contributed by atoms with van der Waals surface area (Å²) in [6, 6.07) is 7.61. The Morgan fingerprint density at radius 2 is 1.86 bits per heavy atom. The van der Waals surface area contributed by atoms with E-state index in [1.807, 2.05) is 30.5 Å². The number of carbonyl (C=O) groups excluding carboxylic acids is 1. The maximum atomic E-state index is 12.3. The van der Waals surface area contributed by atoms with Gasteiger partial charge in [-0.1, -0.05) is 13.8 Å². The Bertz CT molecular complexity index is 566. The normalized spacial score (nSPS) is 12.4. The molecule has 0 bridgehead atoms. The molecule has 1 aromatic heterocycles. The summed E-state index contributed by atoms with van der Waals surface area (Å²) in [6.45, 7) is 4.72. The Morgan fingerprint density at radius 1 is 1.24 bits per heavy atom.